The highest BCUT2D eigenvalue weighted by atomic mass is 16.3. The van der Waals surface area contributed by atoms with Crippen LogP contribution in [0.25, 0.3) is 0 Å². The molecule has 1 aromatic rings. The van der Waals surface area contributed by atoms with Crippen molar-refractivity contribution in [3.05, 3.63) is 23.7 Å². The first-order valence-corrected chi connectivity index (χ1v) is 8.58. The van der Waals surface area contributed by atoms with Gasteiger partial charge in [0.15, 0.2) is 11.7 Å². The maximum atomic E-state index is 11.1. The van der Waals surface area contributed by atoms with Crippen molar-refractivity contribution in [1.29, 1.82) is 0 Å². The minimum absolute atomic E-state index is 0.162. The summed E-state index contributed by atoms with van der Waals surface area (Å²) < 4.78 is 5.37. The summed E-state index contributed by atoms with van der Waals surface area (Å²) in [4.78, 5) is 18.1. The van der Waals surface area contributed by atoms with Gasteiger partial charge in [0.05, 0.1) is 0 Å². The number of likely N-dealkylation sites (tertiary alicyclic amines) is 1. The number of carbonyl (C=O) groups is 1. The molecular weight excluding hydrogens is 306 g/mol. The molecule has 1 aliphatic rings. The van der Waals surface area contributed by atoms with Crippen LogP contribution < -0.4 is 16.4 Å². The number of carbonyl (C=O) groups excluding carboxylic acids is 1. The lowest BCUT2D eigenvalue weighted by molar-refractivity contribution is 0.0972. The molecule has 0 aliphatic carbocycles. The molecule has 0 saturated carbocycles. The van der Waals surface area contributed by atoms with Crippen LogP contribution in [0.2, 0.25) is 0 Å². The summed E-state index contributed by atoms with van der Waals surface area (Å²) in [6.07, 6.45) is 0. The van der Waals surface area contributed by atoms with Crippen LogP contribution in [0.4, 0.5) is 0 Å². The number of primary amides is 1. The Morgan fingerprint density at radius 1 is 1.46 bits per heavy atom. The summed E-state index contributed by atoms with van der Waals surface area (Å²) in [6.45, 7) is 12.0. The van der Waals surface area contributed by atoms with Gasteiger partial charge in [-0.25, -0.2) is 4.99 Å². The summed E-state index contributed by atoms with van der Waals surface area (Å²) >= 11 is 0. The fourth-order valence-corrected chi connectivity index (χ4v) is 2.86. The van der Waals surface area contributed by atoms with E-state index < -0.39 is 5.91 Å². The SMILES string of the molecule is CCNC(=NCc1ccc(C(N)=O)o1)NC1CN(C(C)C)CC1C. The first kappa shape index (κ1) is 18.3. The Hall–Kier alpha value is -2.02. The molecule has 7 heteroatoms. The summed E-state index contributed by atoms with van der Waals surface area (Å²) in [5.41, 5.74) is 5.19. The number of hydrogen-bond acceptors (Lipinski definition) is 4. The number of nitrogens with two attached hydrogens (primary N) is 1. The average Bonchev–Trinajstić information content (AvgIpc) is 3.12. The maximum absolute atomic E-state index is 11.1. The molecule has 2 rings (SSSR count). The molecule has 2 atom stereocenters. The Kier molecular flexibility index (Phi) is 6.25. The summed E-state index contributed by atoms with van der Waals surface area (Å²) in [6, 6.07) is 4.22. The lowest BCUT2D eigenvalue weighted by Crippen LogP contribution is -2.46. The van der Waals surface area contributed by atoms with Crippen LogP contribution in [-0.4, -0.2) is 48.5 Å². The van der Waals surface area contributed by atoms with E-state index in [-0.39, 0.29) is 5.76 Å². The van der Waals surface area contributed by atoms with Gasteiger partial charge in [0, 0.05) is 31.7 Å². The van der Waals surface area contributed by atoms with Gasteiger partial charge in [-0.05, 0) is 38.8 Å². The predicted octanol–water partition coefficient (Wildman–Crippen LogP) is 1.16. The Labute approximate surface area is 143 Å². The zero-order valence-corrected chi connectivity index (χ0v) is 15.0. The van der Waals surface area contributed by atoms with Gasteiger partial charge < -0.3 is 20.8 Å². The van der Waals surface area contributed by atoms with Crippen molar-refractivity contribution < 1.29 is 9.21 Å². The smallest absolute Gasteiger partial charge is 0.284 e. The number of aliphatic imine (C=N–C) groups is 1. The van der Waals surface area contributed by atoms with Crippen LogP contribution >= 0.6 is 0 Å². The molecular formula is C17H29N5O2. The highest BCUT2D eigenvalue weighted by molar-refractivity contribution is 5.89. The van der Waals surface area contributed by atoms with Crippen LogP contribution in [0.5, 0.6) is 0 Å². The fourth-order valence-electron chi connectivity index (χ4n) is 2.86. The summed E-state index contributed by atoms with van der Waals surface area (Å²) in [5, 5.41) is 6.78. The molecule has 0 bridgehead atoms. The second-order valence-electron chi connectivity index (χ2n) is 6.60. The van der Waals surface area contributed by atoms with Gasteiger partial charge in [-0.3, -0.25) is 9.69 Å². The molecule has 1 saturated heterocycles. The van der Waals surface area contributed by atoms with E-state index in [1.54, 1.807) is 12.1 Å². The molecule has 0 aromatic carbocycles. The van der Waals surface area contributed by atoms with Gasteiger partial charge in [0.25, 0.3) is 5.91 Å². The van der Waals surface area contributed by atoms with Gasteiger partial charge in [-0.15, -0.1) is 0 Å². The van der Waals surface area contributed by atoms with Crippen LogP contribution in [0, 0.1) is 5.92 Å². The van der Waals surface area contributed by atoms with Crippen molar-refractivity contribution >= 4 is 11.9 Å². The molecule has 24 heavy (non-hydrogen) atoms. The van der Waals surface area contributed by atoms with Crippen LogP contribution in [0.3, 0.4) is 0 Å². The van der Waals surface area contributed by atoms with E-state index in [0.717, 1.165) is 25.6 Å². The van der Waals surface area contributed by atoms with Gasteiger partial charge in [0.2, 0.25) is 0 Å². The van der Waals surface area contributed by atoms with Crippen LogP contribution in [-0.2, 0) is 6.54 Å². The van der Waals surface area contributed by atoms with Gasteiger partial charge in [-0.2, -0.15) is 0 Å². The number of amides is 1. The Balaban J connectivity index is 1.99. The molecule has 2 unspecified atom stereocenters. The number of nitrogens with zero attached hydrogens (tertiary/aromatic N) is 2. The highest BCUT2D eigenvalue weighted by Crippen LogP contribution is 2.18. The largest absolute Gasteiger partial charge is 0.454 e. The first-order chi connectivity index (χ1) is 11.4. The molecule has 2 heterocycles. The van der Waals surface area contributed by atoms with Crippen molar-refractivity contribution in [1.82, 2.24) is 15.5 Å². The Morgan fingerprint density at radius 3 is 2.75 bits per heavy atom. The van der Waals surface area contributed by atoms with Crippen molar-refractivity contribution in [3.63, 3.8) is 0 Å². The summed E-state index contributed by atoms with van der Waals surface area (Å²) in [7, 11) is 0. The zero-order chi connectivity index (χ0) is 17.7. The number of guanidine groups is 1. The third-order valence-corrected chi connectivity index (χ3v) is 4.33. The van der Waals surface area contributed by atoms with Gasteiger partial charge in [-0.1, -0.05) is 6.92 Å². The second kappa shape index (κ2) is 8.19. The Bertz CT molecular complexity index is 581. The molecule has 1 fully saturated rings. The molecule has 1 amide bonds. The zero-order valence-electron chi connectivity index (χ0n) is 15.0. The van der Waals surface area contributed by atoms with Crippen LogP contribution in [0.1, 0.15) is 44.0 Å². The molecule has 7 nitrogen and oxygen atoms in total. The van der Waals surface area contributed by atoms with E-state index >= 15 is 0 Å². The Morgan fingerprint density at radius 2 is 2.21 bits per heavy atom. The third kappa shape index (κ3) is 4.74. The van der Waals surface area contributed by atoms with Crippen molar-refractivity contribution in [3.8, 4) is 0 Å². The van der Waals surface area contributed by atoms with Crippen molar-refractivity contribution in [2.24, 2.45) is 16.6 Å². The van der Waals surface area contributed by atoms with Crippen molar-refractivity contribution in [2.75, 3.05) is 19.6 Å². The number of nitrogens with one attached hydrogen (secondary N) is 2. The van der Waals surface area contributed by atoms with Crippen LogP contribution in [0.15, 0.2) is 21.5 Å². The van der Waals surface area contributed by atoms with E-state index in [1.807, 2.05) is 6.92 Å². The van der Waals surface area contributed by atoms with Gasteiger partial charge in [0.1, 0.15) is 12.3 Å². The van der Waals surface area contributed by atoms with E-state index in [0.29, 0.717) is 30.3 Å². The third-order valence-electron chi connectivity index (χ3n) is 4.33. The lowest BCUT2D eigenvalue weighted by atomic mass is 10.1. The molecule has 0 spiro atoms. The second-order valence-corrected chi connectivity index (χ2v) is 6.60. The van der Waals surface area contributed by atoms with E-state index in [4.69, 9.17) is 10.2 Å². The number of rotatable bonds is 6. The van der Waals surface area contributed by atoms with Crippen molar-refractivity contribution in [2.45, 2.75) is 46.3 Å². The molecule has 4 N–H and O–H groups in total. The molecule has 1 aromatic heterocycles. The fraction of sp³-hybridized carbons (Fsp3) is 0.647. The van der Waals surface area contributed by atoms with E-state index in [1.165, 1.54) is 0 Å². The quantitative estimate of drug-likeness (QED) is 0.535. The van der Waals surface area contributed by atoms with E-state index in [2.05, 4.69) is 41.3 Å². The summed E-state index contributed by atoms with van der Waals surface area (Å²) in [5.74, 6) is 1.53. The minimum Gasteiger partial charge on any atom is -0.454 e. The normalized spacial score (nSPS) is 22.1. The number of hydrogen-bond donors (Lipinski definition) is 3. The molecule has 0 radical (unpaired) electrons. The minimum atomic E-state index is -0.566. The molecule has 134 valence electrons. The first-order valence-electron chi connectivity index (χ1n) is 8.58. The maximum Gasteiger partial charge on any atom is 0.284 e. The molecule has 1 aliphatic heterocycles. The van der Waals surface area contributed by atoms with E-state index in [9.17, 15) is 4.79 Å². The lowest BCUT2D eigenvalue weighted by Gasteiger charge is -2.21. The monoisotopic (exact) mass is 335 g/mol. The topological polar surface area (TPSA) is 95.9 Å². The highest BCUT2D eigenvalue weighted by Gasteiger charge is 2.31. The standard InChI is InChI=1S/C17H29N5O2/c1-5-19-17(20-8-13-6-7-15(24-13)16(18)23)21-14-10-22(11(2)3)9-12(14)4/h6-7,11-12,14H,5,8-10H2,1-4H3,(H2,18,23)(H2,19,20,21). The number of furan rings is 1. The van der Waals surface area contributed by atoms with Gasteiger partial charge >= 0.3 is 0 Å². The average molecular weight is 335 g/mol. The predicted molar refractivity (Wildman–Crippen MR) is 94.8 cm³/mol.